The van der Waals surface area contributed by atoms with Crippen LogP contribution >= 0.6 is 12.2 Å². The smallest absolute Gasteiger partial charge is 0.191 e. The number of benzene rings is 1. The molecule has 0 bridgehead atoms. The monoisotopic (exact) mass is 301 g/mol. The number of furan rings is 1. The summed E-state index contributed by atoms with van der Waals surface area (Å²) in [5, 5.41) is 7.82. The average molecular weight is 301 g/mol. The van der Waals surface area contributed by atoms with Crippen LogP contribution in [0.1, 0.15) is 29.6 Å². The first kappa shape index (κ1) is 15.3. The molecule has 2 N–H and O–H groups in total. The van der Waals surface area contributed by atoms with E-state index in [2.05, 4.69) is 35.8 Å². The van der Waals surface area contributed by atoms with Gasteiger partial charge in [0.2, 0.25) is 0 Å². The van der Waals surface area contributed by atoms with Crippen molar-refractivity contribution in [1.82, 2.24) is 5.43 Å². The summed E-state index contributed by atoms with van der Waals surface area (Å²) in [6.07, 6.45) is 0. The van der Waals surface area contributed by atoms with Gasteiger partial charge in [0.25, 0.3) is 0 Å². The zero-order valence-electron chi connectivity index (χ0n) is 12.7. The maximum atomic E-state index is 5.50. The van der Waals surface area contributed by atoms with Gasteiger partial charge in [0.15, 0.2) is 5.11 Å². The number of rotatable bonds is 3. The summed E-state index contributed by atoms with van der Waals surface area (Å²) in [6, 6.07) is 9.84. The van der Waals surface area contributed by atoms with E-state index in [1.807, 2.05) is 38.1 Å². The summed E-state index contributed by atoms with van der Waals surface area (Å²) in [7, 11) is 0. The lowest BCUT2D eigenvalue weighted by molar-refractivity contribution is 0.525. The number of anilines is 1. The molecule has 0 aliphatic carbocycles. The minimum atomic E-state index is 0.450. The first-order valence-electron chi connectivity index (χ1n) is 6.71. The second-order valence-corrected chi connectivity index (χ2v) is 5.33. The molecule has 0 aliphatic rings. The average Bonchev–Trinajstić information content (AvgIpc) is 2.88. The molecule has 0 fully saturated rings. The van der Waals surface area contributed by atoms with E-state index in [9.17, 15) is 0 Å². The van der Waals surface area contributed by atoms with Crippen LogP contribution in [0.3, 0.4) is 0 Å². The second-order valence-electron chi connectivity index (χ2n) is 4.92. The zero-order valence-corrected chi connectivity index (χ0v) is 13.5. The van der Waals surface area contributed by atoms with Gasteiger partial charge in [0.1, 0.15) is 17.2 Å². The Balaban J connectivity index is 2.00. The van der Waals surface area contributed by atoms with E-state index in [0.29, 0.717) is 5.11 Å². The van der Waals surface area contributed by atoms with Crippen molar-refractivity contribution in [3.63, 3.8) is 0 Å². The molecule has 0 saturated carbocycles. The summed E-state index contributed by atoms with van der Waals surface area (Å²) in [5.74, 6) is 1.59. The van der Waals surface area contributed by atoms with Crippen molar-refractivity contribution < 1.29 is 4.42 Å². The van der Waals surface area contributed by atoms with Crippen molar-refractivity contribution in [2.24, 2.45) is 5.10 Å². The number of aryl methyl sites for hydroxylation is 2. The van der Waals surface area contributed by atoms with Crippen LogP contribution in [0.15, 0.2) is 39.9 Å². The lowest BCUT2D eigenvalue weighted by Crippen LogP contribution is -2.25. The summed E-state index contributed by atoms with van der Waals surface area (Å²) in [4.78, 5) is 0. The Kier molecular flexibility index (Phi) is 4.75. The molecule has 21 heavy (non-hydrogen) atoms. The highest BCUT2D eigenvalue weighted by Gasteiger charge is 2.04. The fourth-order valence-electron chi connectivity index (χ4n) is 1.86. The first-order valence-corrected chi connectivity index (χ1v) is 7.12. The van der Waals surface area contributed by atoms with Crippen LogP contribution in [0.5, 0.6) is 0 Å². The van der Waals surface area contributed by atoms with E-state index in [1.165, 1.54) is 11.1 Å². The Bertz CT molecular complexity index is 689. The Hall–Kier alpha value is -2.14. The van der Waals surface area contributed by atoms with Crippen LogP contribution in [0.4, 0.5) is 5.69 Å². The van der Waals surface area contributed by atoms with E-state index in [4.69, 9.17) is 16.6 Å². The molecule has 1 aromatic carbocycles. The molecule has 0 amide bonds. The van der Waals surface area contributed by atoms with E-state index < -0.39 is 0 Å². The van der Waals surface area contributed by atoms with Crippen molar-refractivity contribution in [2.45, 2.75) is 27.7 Å². The Labute approximate surface area is 130 Å². The summed E-state index contributed by atoms with van der Waals surface area (Å²) in [5.41, 5.74) is 6.94. The van der Waals surface area contributed by atoms with Crippen molar-refractivity contribution in [1.29, 1.82) is 0 Å². The quantitative estimate of drug-likeness (QED) is 0.512. The third-order valence-electron chi connectivity index (χ3n) is 3.27. The summed E-state index contributed by atoms with van der Waals surface area (Å²) < 4.78 is 5.50. The number of hydrogen-bond donors (Lipinski definition) is 2. The molecule has 0 atom stereocenters. The molecule has 0 aliphatic heterocycles. The van der Waals surface area contributed by atoms with Crippen LogP contribution in [0.25, 0.3) is 0 Å². The maximum absolute atomic E-state index is 5.50. The minimum Gasteiger partial charge on any atom is -0.460 e. The molecular weight excluding hydrogens is 282 g/mol. The lowest BCUT2D eigenvalue weighted by Gasteiger charge is -2.11. The van der Waals surface area contributed by atoms with Crippen LogP contribution in [0.2, 0.25) is 0 Å². The normalized spacial score (nSPS) is 11.3. The highest BCUT2D eigenvalue weighted by molar-refractivity contribution is 7.80. The Morgan fingerprint density at radius 3 is 2.57 bits per heavy atom. The van der Waals surface area contributed by atoms with Crippen LogP contribution in [0, 0.1) is 20.8 Å². The van der Waals surface area contributed by atoms with Crippen LogP contribution in [-0.4, -0.2) is 10.8 Å². The van der Waals surface area contributed by atoms with Gasteiger partial charge in [0, 0.05) is 5.69 Å². The molecule has 110 valence electrons. The van der Waals surface area contributed by atoms with Gasteiger partial charge < -0.3 is 9.73 Å². The van der Waals surface area contributed by atoms with Crippen molar-refractivity contribution in [3.05, 3.63) is 53.0 Å². The summed E-state index contributed by atoms with van der Waals surface area (Å²) >= 11 is 5.25. The molecular formula is C16H19N3OS. The van der Waals surface area contributed by atoms with Crippen molar-refractivity contribution in [2.75, 3.05) is 5.32 Å². The number of nitrogens with one attached hydrogen (secondary N) is 2. The van der Waals surface area contributed by atoms with Crippen molar-refractivity contribution in [3.8, 4) is 0 Å². The SMILES string of the molecule is C/C(=N/NC(=S)Nc1cccc(C)c1C)c1ccc(C)o1. The molecule has 1 aromatic heterocycles. The standard InChI is InChI=1S/C16H19N3OS/c1-10-6-5-7-14(12(10)3)17-16(21)19-18-13(4)15-9-8-11(2)20-15/h5-9H,1-4H3,(H2,17,19,21)/b18-13-. The van der Waals surface area contributed by atoms with E-state index >= 15 is 0 Å². The topological polar surface area (TPSA) is 49.6 Å². The lowest BCUT2D eigenvalue weighted by atomic mass is 10.1. The van der Waals surface area contributed by atoms with Gasteiger partial charge in [-0.2, -0.15) is 5.10 Å². The van der Waals surface area contributed by atoms with Gasteiger partial charge in [0.05, 0.1) is 0 Å². The van der Waals surface area contributed by atoms with Crippen LogP contribution in [-0.2, 0) is 0 Å². The third-order valence-corrected chi connectivity index (χ3v) is 3.47. The fourth-order valence-corrected chi connectivity index (χ4v) is 2.01. The molecule has 2 aromatic rings. The molecule has 0 saturated heterocycles. The molecule has 0 spiro atoms. The van der Waals surface area contributed by atoms with Gasteiger partial charge >= 0.3 is 0 Å². The Morgan fingerprint density at radius 1 is 1.14 bits per heavy atom. The summed E-state index contributed by atoms with van der Waals surface area (Å²) in [6.45, 7) is 7.89. The maximum Gasteiger partial charge on any atom is 0.191 e. The number of hydrazone groups is 1. The number of thiocarbonyl (C=S) groups is 1. The fraction of sp³-hybridized carbons (Fsp3) is 0.250. The van der Waals surface area contributed by atoms with E-state index in [0.717, 1.165) is 22.9 Å². The predicted octanol–water partition coefficient (Wildman–Crippen LogP) is 3.92. The largest absolute Gasteiger partial charge is 0.460 e. The number of hydrogen-bond acceptors (Lipinski definition) is 3. The minimum absolute atomic E-state index is 0.450. The highest BCUT2D eigenvalue weighted by atomic mass is 32.1. The molecule has 0 unspecified atom stereocenters. The van der Waals surface area contributed by atoms with Gasteiger partial charge in [-0.1, -0.05) is 12.1 Å². The van der Waals surface area contributed by atoms with Gasteiger partial charge in [-0.3, -0.25) is 5.43 Å². The van der Waals surface area contributed by atoms with E-state index in [1.54, 1.807) is 0 Å². The van der Waals surface area contributed by atoms with Gasteiger partial charge in [-0.25, -0.2) is 0 Å². The molecule has 0 radical (unpaired) electrons. The Morgan fingerprint density at radius 2 is 1.90 bits per heavy atom. The third kappa shape index (κ3) is 3.92. The predicted molar refractivity (Wildman–Crippen MR) is 90.9 cm³/mol. The van der Waals surface area contributed by atoms with Crippen molar-refractivity contribution >= 4 is 28.7 Å². The zero-order chi connectivity index (χ0) is 15.4. The van der Waals surface area contributed by atoms with Crippen LogP contribution < -0.4 is 10.7 Å². The van der Waals surface area contributed by atoms with Gasteiger partial charge in [-0.05, 0) is 69.2 Å². The molecule has 1 heterocycles. The molecule has 2 rings (SSSR count). The number of nitrogens with zero attached hydrogens (tertiary/aromatic N) is 1. The van der Waals surface area contributed by atoms with Gasteiger partial charge in [-0.15, -0.1) is 0 Å². The molecule has 5 heteroatoms. The second kappa shape index (κ2) is 6.54. The van der Waals surface area contributed by atoms with E-state index in [-0.39, 0.29) is 0 Å². The first-order chi connectivity index (χ1) is 9.97. The molecule has 4 nitrogen and oxygen atoms in total. The highest BCUT2D eigenvalue weighted by Crippen LogP contribution is 2.17.